The molecule has 1 amide bonds. The van der Waals surface area contributed by atoms with E-state index in [2.05, 4.69) is 4.98 Å². The highest BCUT2D eigenvalue weighted by atomic mass is 16.5. The molecule has 0 aliphatic carbocycles. The molecule has 0 radical (unpaired) electrons. The van der Waals surface area contributed by atoms with Crippen molar-refractivity contribution in [1.82, 2.24) is 9.88 Å². The highest BCUT2D eigenvalue weighted by Gasteiger charge is 2.25. The third-order valence-corrected chi connectivity index (χ3v) is 2.57. The normalized spacial score (nSPS) is 19.7. The van der Waals surface area contributed by atoms with Gasteiger partial charge in [0.2, 0.25) is 0 Å². The lowest BCUT2D eigenvalue weighted by Gasteiger charge is -2.29. The summed E-state index contributed by atoms with van der Waals surface area (Å²) in [6, 6.07) is 5.28. The largest absolute Gasteiger partial charge is 0.383 e. The maximum atomic E-state index is 12.1. The van der Waals surface area contributed by atoms with E-state index in [1.165, 1.54) is 6.20 Å². The van der Waals surface area contributed by atoms with E-state index >= 15 is 0 Å². The molecular weight excluding hydrogens is 220 g/mol. The molecule has 1 aliphatic rings. The van der Waals surface area contributed by atoms with Crippen LogP contribution in [0.2, 0.25) is 0 Å². The molecule has 0 spiro atoms. The number of morpholine rings is 1. The Morgan fingerprint density at radius 3 is 3.24 bits per heavy atom. The van der Waals surface area contributed by atoms with Crippen molar-refractivity contribution in [3.63, 3.8) is 0 Å². The molecule has 0 bridgehead atoms. The van der Waals surface area contributed by atoms with Crippen LogP contribution in [0.1, 0.15) is 10.4 Å². The molecule has 88 valence electrons. The number of amides is 1. The van der Waals surface area contributed by atoms with Crippen LogP contribution in [0, 0.1) is 11.3 Å². The van der Waals surface area contributed by atoms with E-state index in [0.717, 1.165) is 0 Å². The highest BCUT2D eigenvalue weighted by Crippen LogP contribution is 2.13. The van der Waals surface area contributed by atoms with Gasteiger partial charge in [0.1, 0.15) is 5.82 Å². The predicted molar refractivity (Wildman–Crippen MR) is 59.9 cm³/mol. The van der Waals surface area contributed by atoms with Crippen LogP contribution in [-0.4, -0.2) is 41.6 Å². The molecule has 0 saturated carbocycles. The molecule has 6 heteroatoms. The minimum atomic E-state index is -0.564. The molecule has 17 heavy (non-hydrogen) atoms. The second-order valence-electron chi connectivity index (χ2n) is 3.68. The predicted octanol–water partition coefficient (Wildman–Crippen LogP) is 0.0284. The number of rotatable bonds is 1. The van der Waals surface area contributed by atoms with E-state index in [1.54, 1.807) is 17.0 Å². The van der Waals surface area contributed by atoms with Crippen molar-refractivity contribution < 1.29 is 9.53 Å². The first-order valence-electron chi connectivity index (χ1n) is 5.23. The standard InChI is InChI=1S/C11H12N4O2/c12-6-8-7-15(4-5-17-8)11(16)9-2-1-3-14-10(9)13/h1-3,8H,4-5,7H2,(H2,13,14). The summed E-state index contributed by atoms with van der Waals surface area (Å²) in [6.07, 6.45) is 0.967. The first-order valence-corrected chi connectivity index (χ1v) is 5.23. The molecule has 1 saturated heterocycles. The molecule has 2 rings (SSSR count). The number of carbonyl (C=O) groups is 1. The van der Waals surface area contributed by atoms with Gasteiger partial charge in [0.05, 0.1) is 24.8 Å². The molecule has 1 aliphatic heterocycles. The van der Waals surface area contributed by atoms with Crippen LogP contribution in [0.25, 0.3) is 0 Å². The van der Waals surface area contributed by atoms with Gasteiger partial charge < -0.3 is 15.4 Å². The third-order valence-electron chi connectivity index (χ3n) is 2.57. The molecule has 1 fully saturated rings. The number of nitrogen functional groups attached to an aromatic ring is 1. The molecule has 1 aromatic rings. The Hall–Kier alpha value is -2.13. The van der Waals surface area contributed by atoms with E-state index in [4.69, 9.17) is 15.7 Å². The fraction of sp³-hybridized carbons (Fsp3) is 0.364. The van der Waals surface area contributed by atoms with Gasteiger partial charge in [-0.2, -0.15) is 5.26 Å². The van der Waals surface area contributed by atoms with E-state index < -0.39 is 6.10 Å². The van der Waals surface area contributed by atoms with Crippen molar-refractivity contribution in [3.05, 3.63) is 23.9 Å². The monoisotopic (exact) mass is 232 g/mol. The van der Waals surface area contributed by atoms with Crippen LogP contribution in [0.15, 0.2) is 18.3 Å². The zero-order chi connectivity index (χ0) is 12.3. The van der Waals surface area contributed by atoms with Crippen molar-refractivity contribution in [2.45, 2.75) is 6.10 Å². The van der Waals surface area contributed by atoms with Gasteiger partial charge in [-0.25, -0.2) is 4.98 Å². The zero-order valence-electron chi connectivity index (χ0n) is 9.17. The number of ether oxygens (including phenoxy) is 1. The number of nitrogens with two attached hydrogens (primary N) is 1. The number of hydrogen-bond acceptors (Lipinski definition) is 5. The molecule has 1 aromatic heterocycles. The summed E-state index contributed by atoms with van der Waals surface area (Å²) in [5.74, 6) is -0.00310. The van der Waals surface area contributed by atoms with Crippen molar-refractivity contribution in [2.75, 3.05) is 25.4 Å². The van der Waals surface area contributed by atoms with Crippen molar-refractivity contribution in [3.8, 4) is 6.07 Å². The summed E-state index contributed by atoms with van der Waals surface area (Å²) in [7, 11) is 0. The quantitative estimate of drug-likeness (QED) is 0.737. The topological polar surface area (TPSA) is 92.2 Å². The minimum absolute atomic E-state index is 0.206. The summed E-state index contributed by atoms with van der Waals surface area (Å²) < 4.78 is 5.17. The minimum Gasteiger partial charge on any atom is -0.383 e. The summed E-state index contributed by atoms with van der Waals surface area (Å²) in [6.45, 7) is 1.10. The van der Waals surface area contributed by atoms with E-state index in [9.17, 15) is 4.79 Å². The van der Waals surface area contributed by atoms with Crippen LogP contribution in [-0.2, 0) is 4.74 Å². The molecule has 1 unspecified atom stereocenters. The number of carbonyl (C=O) groups excluding carboxylic acids is 1. The number of aromatic nitrogens is 1. The smallest absolute Gasteiger partial charge is 0.257 e. The zero-order valence-corrected chi connectivity index (χ0v) is 9.17. The lowest BCUT2D eigenvalue weighted by atomic mass is 10.2. The number of nitrogens with zero attached hydrogens (tertiary/aromatic N) is 3. The Balaban J connectivity index is 2.16. The SMILES string of the molecule is N#CC1CN(C(=O)c2cccnc2N)CCO1. The summed E-state index contributed by atoms with van der Waals surface area (Å²) >= 11 is 0. The fourth-order valence-corrected chi connectivity index (χ4v) is 1.68. The van der Waals surface area contributed by atoms with Crippen LogP contribution in [0.4, 0.5) is 5.82 Å². The first kappa shape index (κ1) is 11.4. The van der Waals surface area contributed by atoms with Crippen LogP contribution < -0.4 is 5.73 Å². The van der Waals surface area contributed by atoms with Crippen LogP contribution >= 0.6 is 0 Å². The van der Waals surface area contributed by atoms with Gasteiger partial charge >= 0.3 is 0 Å². The Bertz CT molecular complexity index is 469. The molecule has 6 nitrogen and oxygen atoms in total. The number of nitriles is 1. The van der Waals surface area contributed by atoms with E-state index in [-0.39, 0.29) is 18.3 Å². The van der Waals surface area contributed by atoms with Crippen LogP contribution in [0.5, 0.6) is 0 Å². The second kappa shape index (κ2) is 4.80. The average Bonchev–Trinajstić information content (AvgIpc) is 2.38. The Labute approximate surface area is 98.6 Å². The van der Waals surface area contributed by atoms with Gasteiger partial charge in [0.15, 0.2) is 6.10 Å². The molecule has 2 N–H and O–H groups in total. The number of hydrogen-bond donors (Lipinski definition) is 1. The molecular formula is C11H12N4O2. The summed E-state index contributed by atoms with van der Waals surface area (Å²) in [5.41, 5.74) is 6.01. The lowest BCUT2D eigenvalue weighted by molar-refractivity contribution is 0.00350. The maximum Gasteiger partial charge on any atom is 0.257 e. The molecule has 1 atom stereocenters. The summed E-state index contributed by atoms with van der Waals surface area (Å²) in [4.78, 5) is 17.6. The maximum absolute atomic E-state index is 12.1. The van der Waals surface area contributed by atoms with Crippen molar-refractivity contribution >= 4 is 11.7 Å². The number of anilines is 1. The lowest BCUT2D eigenvalue weighted by Crippen LogP contribution is -2.45. The van der Waals surface area contributed by atoms with E-state index in [1.807, 2.05) is 6.07 Å². The van der Waals surface area contributed by atoms with Gasteiger partial charge in [-0.05, 0) is 12.1 Å². The van der Waals surface area contributed by atoms with Crippen LogP contribution in [0.3, 0.4) is 0 Å². The first-order chi connectivity index (χ1) is 8.22. The van der Waals surface area contributed by atoms with Gasteiger partial charge in [-0.3, -0.25) is 4.79 Å². The van der Waals surface area contributed by atoms with Gasteiger partial charge in [-0.15, -0.1) is 0 Å². The van der Waals surface area contributed by atoms with Gasteiger partial charge in [-0.1, -0.05) is 0 Å². The van der Waals surface area contributed by atoms with Gasteiger partial charge in [0, 0.05) is 12.7 Å². The third kappa shape index (κ3) is 2.34. The Morgan fingerprint density at radius 1 is 1.71 bits per heavy atom. The summed E-state index contributed by atoms with van der Waals surface area (Å²) in [5, 5.41) is 8.77. The average molecular weight is 232 g/mol. The Morgan fingerprint density at radius 2 is 2.53 bits per heavy atom. The molecule has 0 aromatic carbocycles. The number of pyridine rings is 1. The fourth-order valence-electron chi connectivity index (χ4n) is 1.68. The van der Waals surface area contributed by atoms with E-state index in [0.29, 0.717) is 18.7 Å². The van der Waals surface area contributed by atoms with Crippen molar-refractivity contribution in [2.24, 2.45) is 0 Å². The second-order valence-corrected chi connectivity index (χ2v) is 3.68. The highest BCUT2D eigenvalue weighted by molar-refractivity contribution is 5.98. The molecule has 2 heterocycles. The van der Waals surface area contributed by atoms with Gasteiger partial charge in [0.25, 0.3) is 5.91 Å². The Kier molecular flexibility index (Phi) is 3.21. The van der Waals surface area contributed by atoms with Crippen molar-refractivity contribution in [1.29, 1.82) is 5.26 Å².